The van der Waals surface area contributed by atoms with E-state index in [1.54, 1.807) is 31.2 Å². The quantitative estimate of drug-likeness (QED) is 0.792. The lowest BCUT2D eigenvalue weighted by molar-refractivity contribution is -0.114. The van der Waals surface area contributed by atoms with Gasteiger partial charge in [0.05, 0.1) is 11.4 Å². The monoisotopic (exact) mass is 304 g/mol. The average molecular weight is 305 g/mol. The molecule has 0 aliphatic heterocycles. The Morgan fingerprint density at radius 1 is 1.37 bits per heavy atom. The van der Waals surface area contributed by atoms with Gasteiger partial charge in [-0.2, -0.15) is 0 Å². The second kappa shape index (κ2) is 6.77. The summed E-state index contributed by atoms with van der Waals surface area (Å²) in [6.45, 7) is 3.15. The third kappa shape index (κ3) is 5.94. The van der Waals surface area contributed by atoms with Crippen LogP contribution >= 0.6 is 11.6 Å². The van der Waals surface area contributed by atoms with Crippen molar-refractivity contribution >= 4 is 38.9 Å². The first-order chi connectivity index (χ1) is 8.82. The van der Waals surface area contributed by atoms with Gasteiger partial charge in [0.1, 0.15) is 0 Å². The van der Waals surface area contributed by atoms with Gasteiger partial charge in [-0.3, -0.25) is 9.52 Å². The van der Waals surface area contributed by atoms with E-state index in [1.165, 1.54) is 6.92 Å². The van der Waals surface area contributed by atoms with Gasteiger partial charge in [0, 0.05) is 18.5 Å². The van der Waals surface area contributed by atoms with E-state index in [0.29, 0.717) is 11.4 Å². The SMILES string of the molecule is CC(=O)Nc1cccc(NS(=O)(=O)CC(C)CCl)c1. The molecule has 0 radical (unpaired) electrons. The lowest BCUT2D eigenvalue weighted by Gasteiger charge is -2.12. The molecule has 1 aromatic rings. The number of nitrogens with one attached hydrogen (secondary N) is 2. The molecule has 1 aromatic carbocycles. The Morgan fingerprint density at radius 2 is 2.00 bits per heavy atom. The number of sulfonamides is 1. The molecule has 0 aromatic heterocycles. The number of rotatable bonds is 6. The molecule has 0 aliphatic rings. The molecule has 1 amide bonds. The van der Waals surface area contributed by atoms with E-state index in [9.17, 15) is 13.2 Å². The lowest BCUT2D eigenvalue weighted by Crippen LogP contribution is -2.22. The third-order valence-corrected chi connectivity index (χ3v) is 4.31. The largest absolute Gasteiger partial charge is 0.326 e. The van der Waals surface area contributed by atoms with Crippen LogP contribution in [0.4, 0.5) is 11.4 Å². The Labute approximate surface area is 118 Å². The van der Waals surface area contributed by atoms with Crippen molar-refractivity contribution in [3.8, 4) is 0 Å². The molecule has 19 heavy (non-hydrogen) atoms. The summed E-state index contributed by atoms with van der Waals surface area (Å²) < 4.78 is 26.2. The fourth-order valence-electron chi connectivity index (χ4n) is 1.50. The summed E-state index contributed by atoms with van der Waals surface area (Å²) in [7, 11) is -3.44. The molecule has 5 nitrogen and oxygen atoms in total. The number of hydrogen-bond acceptors (Lipinski definition) is 3. The van der Waals surface area contributed by atoms with Crippen LogP contribution in [0.2, 0.25) is 0 Å². The van der Waals surface area contributed by atoms with Crippen molar-refractivity contribution in [1.29, 1.82) is 0 Å². The van der Waals surface area contributed by atoms with E-state index in [-0.39, 0.29) is 23.5 Å². The standard InChI is InChI=1S/C12H17ClN2O3S/c1-9(7-13)8-19(17,18)15-12-5-3-4-11(6-12)14-10(2)16/h3-6,9,15H,7-8H2,1-2H3,(H,14,16). The van der Waals surface area contributed by atoms with Crippen LogP contribution in [0, 0.1) is 5.92 Å². The number of amides is 1. The molecule has 0 aliphatic carbocycles. The Morgan fingerprint density at radius 3 is 2.58 bits per heavy atom. The van der Waals surface area contributed by atoms with Crippen molar-refractivity contribution < 1.29 is 13.2 Å². The van der Waals surface area contributed by atoms with Gasteiger partial charge in [0.15, 0.2) is 0 Å². The molecule has 1 rings (SSSR count). The number of benzene rings is 1. The molecule has 0 saturated heterocycles. The molecule has 0 spiro atoms. The topological polar surface area (TPSA) is 75.3 Å². The Balaban J connectivity index is 2.79. The van der Waals surface area contributed by atoms with Gasteiger partial charge in [-0.05, 0) is 24.1 Å². The molecule has 1 unspecified atom stereocenters. The van der Waals surface area contributed by atoms with Crippen LogP contribution < -0.4 is 10.0 Å². The zero-order valence-corrected chi connectivity index (χ0v) is 12.4. The number of alkyl halides is 1. The van der Waals surface area contributed by atoms with Gasteiger partial charge in [-0.25, -0.2) is 8.42 Å². The second-order valence-corrected chi connectivity index (χ2v) is 6.48. The third-order valence-electron chi connectivity index (χ3n) is 2.22. The van der Waals surface area contributed by atoms with Gasteiger partial charge >= 0.3 is 0 Å². The Kier molecular flexibility index (Phi) is 5.62. The first-order valence-corrected chi connectivity index (χ1v) is 7.95. The van der Waals surface area contributed by atoms with Crippen molar-refractivity contribution in [3.05, 3.63) is 24.3 Å². The number of halogens is 1. The zero-order valence-electron chi connectivity index (χ0n) is 10.8. The molecule has 0 fully saturated rings. The highest BCUT2D eigenvalue weighted by atomic mass is 35.5. The Bertz CT molecular complexity index is 546. The van der Waals surface area contributed by atoms with E-state index in [1.807, 2.05) is 0 Å². The highest BCUT2D eigenvalue weighted by Gasteiger charge is 2.15. The van der Waals surface area contributed by atoms with E-state index < -0.39 is 10.0 Å². The van der Waals surface area contributed by atoms with Gasteiger partial charge in [0.25, 0.3) is 0 Å². The number of carbonyl (C=O) groups excluding carboxylic acids is 1. The van der Waals surface area contributed by atoms with E-state index in [2.05, 4.69) is 10.0 Å². The molecule has 0 saturated carbocycles. The van der Waals surface area contributed by atoms with Crippen molar-refractivity contribution in [1.82, 2.24) is 0 Å². The fraction of sp³-hybridized carbons (Fsp3) is 0.417. The van der Waals surface area contributed by atoms with Crippen LogP contribution in [0.15, 0.2) is 24.3 Å². The number of carbonyl (C=O) groups is 1. The highest BCUT2D eigenvalue weighted by Crippen LogP contribution is 2.17. The minimum Gasteiger partial charge on any atom is -0.326 e. The van der Waals surface area contributed by atoms with Crippen LogP contribution in [0.25, 0.3) is 0 Å². The van der Waals surface area contributed by atoms with Gasteiger partial charge in [0.2, 0.25) is 15.9 Å². The predicted molar refractivity (Wildman–Crippen MR) is 78.0 cm³/mol. The maximum atomic E-state index is 11.8. The predicted octanol–water partition coefficient (Wildman–Crippen LogP) is 2.26. The first kappa shape index (κ1) is 15.8. The normalized spacial score (nSPS) is 12.8. The molecular formula is C12H17ClN2O3S. The average Bonchev–Trinajstić information content (AvgIpc) is 2.26. The maximum Gasteiger partial charge on any atom is 0.233 e. The minimum absolute atomic E-state index is 0.0408. The first-order valence-electron chi connectivity index (χ1n) is 5.76. The van der Waals surface area contributed by atoms with Crippen molar-refractivity contribution in [2.24, 2.45) is 5.92 Å². The summed E-state index contributed by atoms with van der Waals surface area (Å²) in [4.78, 5) is 10.9. The molecule has 0 bridgehead atoms. The van der Waals surface area contributed by atoms with Crippen molar-refractivity contribution in [2.45, 2.75) is 13.8 Å². The zero-order chi connectivity index (χ0) is 14.5. The van der Waals surface area contributed by atoms with E-state index >= 15 is 0 Å². The number of anilines is 2. The molecule has 7 heteroatoms. The molecular weight excluding hydrogens is 288 g/mol. The maximum absolute atomic E-state index is 11.8. The summed E-state index contributed by atoms with van der Waals surface area (Å²) in [6.07, 6.45) is 0. The van der Waals surface area contributed by atoms with E-state index in [0.717, 1.165) is 0 Å². The van der Waals surface area contributed by atoms with E-state index in [4.69, 9.17) is 11.6 Å². The lowest BCUT2D eigenvalue weighted by atomic mass is 10.3. The fourth-order valence-corrected chi connectivity index (χ4v) is 3.18. The van der Waals surface area contributed by atoms with Crippen LogP contribution in [-0.4, -0.2) is 26.0 Å². The van der Waals surface area contributed by atoms with Crippen LogP contribution in [-0.2, 0) is 14.8 Å². The summed E-state index contributed by atoms with van der Waals surface area (Å²) in [5, 5.41) is 2.59. The smallest absolute Gasteiger partial charge is 0.233 e. The second-order valence-electron chi connectivity index (χ2n) is 4.40. The minimum atomic E-state index is -3.44. The molecule has 0 heterocycles. The molecule has 106 valence electrons. The van der Waals surface area contributed by atoms with Gasteiger partial charge in [-0.15, -0.1) is 11.6 Å². The Hall–Kier alpha value is -1.27. The van der Waals surface area contributed by atoms with Crippen LogP contribution in [0.3, 0.4) is 0 Å². The summed E-state index contributed by atoms with van der Waals surface area (Å²) in [5.41, 5.74) is 0.950. The summed E-state index contributed by atoms with van der Waals surface area (Å²) in [5.74, 6) is -0.0956. The van der Waals surface area contributed by atoms with Crippen molar-refractivity contribution in [2.75, 3.05) is 21.7 Å². The summed E-state index contributed by atoms with van der Waals surface area (Å²) >= 11 is 5.60. The van der Waals surface area contributed by atoms with Gasteiger partial charge < -0.3 is 5.32 Å². The number of hydrogen-bond donors (Lipinski definition) is 2. The highest BCUT2D eigenvalue weighted by molar-refractivity contribution is 7.92. The van der Waals surface area contributed by atoms with Crippen LogP contribution in [0.5, 0.6) is 0 Å². The van der Waals surface area contributed by atoms with Crippen LogP contribution in [0.1, 0.15) is 13.8 Å². The van der Waals surface area contributed by atoms with Crippen molar-refractivity contribution in [3.63, 3.8) is 0 Å². The molecule has 1 atom stereocenters. The molecule has 2 N–H and O–H groups in total. The summed E-state index contributed by atoms with van der Waals surface area (Å²) in [6, 6.07) is 6.52. The van der Waals surface area contributed by atoms with Gasteiger partial charge in [-0.1, -0.05) is 13.0 Å².